The van der Waals surface area contributed by atoms with Crippen molar-refractivity contribution in [3.63, 3.8) is 0 Å². The number of sulfonamides is 1. The second-order valence-corrected chi connectivity index (χ2v) is 9.91. The summed E-state index contributed by atoms with van der Waals surface area (Å²) < 4.78 is 26.1. The molecule has 1 saturated heterocycles. The number of carbonyl (C=O) groups excluding carboxylic acids is 2. The average molecular weight is 383 g/mol. The van der Waals surface area contributed by atoms with Crippen LogP contribution in [-0.2, 0) is 19.6 Å². The van der Waals surface area contributed by atoms with Crippen molar-refractivity contribution in [2.45, 2.75) is 36.3 Å². The Hall–Kier alpha value is -1.54. The minimum atomic E-state index is -3.55. The third-order valence-electron chi connectivity index (χ3n) is 4.68. The lowest BCUT2D eigenvalue weighted by Gasteiger charge is -2.23. The van der Waals surface area contributed by atoms with Crippen molar-refractivity contribution in [2.24, 2.45) is 5.41 Å². The molecule has 1 aliphatic carbocycles. The van der Waals surface area contributed by atoms with Gasteiger partial charge in [0.15, 0.2) is 0 Å². The van der Waals surface area contributed by atoms with E-state index in [0.29, 0.717) is 31.6 Å². The Kier molecular flexibility index (Phi) is 5.11. The Balaban J connectivity index is 1.54. The van der Waals surface area contributed by atoms with E-state index < -0.39 is 26.6 Å². The molecule has 3 rings (SSSR count). The molecule has 1 aromatic carbocycles. The Morgan fingerprint density at radius 2 is 1.96 bits per heavy atom. The zero-order valence-corrected chi connectivity index (χ0v) is 15.7. The highest BCUT2D eigenvalue weighted by Gasteiger charge is 2.45. The zero-order chi connectivity index (χ0) is 18.1. The van der Waals surface area contributed by atoms with E-state index in [4.69, 9.17) is 0 Å². The average Bonchev–Trinajstić information content (AvgIpc) is 3.37. The van der Waals surface area contributed by atoms with Gasteiger partial charge in [-0.15, -0.1) is 11.8 Å². The largest absolute Gasteiger partial charge is 0.341 e. The van der Waals surface area contributed by atoms with E-state index in [1.165, 1.54) is 11.8 Å². The highest BCUT2D eigenvalue weighted by molar-refractivity contribution is 8.00. The van der Waals surface area contributed by atoms with E-state index >= 15 is 0 Å². The molecule has 0 bridgehead atoms. The number of amides is 2. The molecule has 0 radical (unpaired) electrons. The van der Waals surface area contributed by atoms with Crippen LogP contribution in [0, 0.1) is 5.41 Å². The minimum Gasteiger partial charge on any atom is -0.341 e. The van der Waals surface area contributed by atoms with Gasteiger partial charge in [-0.25, -0.2) is 8.42 Å². The number of benzene rings is 1. The second kappa shape index (κ2) is 6.99. The van der Waals surface area contributed by atoms with Gasteiger partial charge >= 0.3 is 0 Å². The maximum absolute atomic E-state index is 12.4. The van der Waals surface area contributed by atoms with E-state index in [1.54, 1.807) is 11.8 Å². The fourth-order valence-corrected chi connectivity index (χ4v) is 5.08. The zero-order valence-electron chi connectivity index (χ0n) is 14.1. The van der Waals surface area contributed by atoms with Crippen molar-refractivity contribution in [3.8, 4) is 0 Å². The summed E-state index contributed by atoms with van der Waals surface area (Å²) in [6.45, 7) is 2.46. The van der Waals surface area contributed by atoms with Gasteiger partial charge in [0, 0.05) is 18.0 Å². The topological polar surface area (TPSA) is 83.6 Å². The number of nitrogens with zero attached hydrogens (tertiary/aromatic N) is 1. The molecule has 0 spiro atoms. The number of rotatable bonds is 6. The molecule has 1 saturated carbocycles. The minimum absolute atomic E-state index is 0.0320. The third kappa shape index (κ3) is 4.36. The summed E-state index contributed by atoms with van der Waals surface area (Å²) in [5.41, 5.74) is -0.852. The molecule has 1 unspecified atom stereocenters. The van der Waals surface area contributed by atoms with Crippen molar-refractivity contribution >= 4 is 33.6 Å². The standard InChI is InChI=1S/C17H22N2O4S2/c1-17(16(21)18-25(22,23)14-7-8-14)9-10-19(12-17)15(20)11-24-13-5-3-2-4-6-13/h2-6,14H,7-12H2,1H3,(H,18,21). The third-order valence-corrected chi connectivity index (χ3v) is 7.49. The normalized spacial score (nSPS) is 23.5. The van der Waals surface area contributed by atoms with E-state index in [1.807, 2.05) is 30.3 Å². The van der Waals surface area contributed by atoms with E-state index in [0.717, 1.165) is 4.90 Å². The number of thioether (sulfide) groups is 1. The summed E-state index contributed by atoms with van der Waals surface area (Å²) in [4.78, 5) is 27.5. The van der Waals surface area contributed by atoms with Crippen LogP contribution < -0.4 is 4.72 Å². The summed E-state index contributed by atoms with van der Waals surface area (Å²) in [7, 11) is -3.55. The van der Waals surface area contributed by atoms with Crippen LogP contribution >= 0.6 is 11.8 Å². The summed E-state index contributed by atoms with van der Waals surface area (Å²) in [6.07, 6.45) is 1.70. The van der Waals surface area contributed by atoms with Crippen LogP contribution in [0.1, 0.15) is 26.2 Å². The van der Waals surface area contributed by atoms with E-state index in [2.05, 4.69) is 4.72 Å². The van der Waals surface area contributed by atoms with Crippen LogP contribution in [-0.4, -0.2) is 49.2 Å². The van der Waals surface area contributed by atoms with Gasteiger partial charge in [0.1, 0.15) is 0 Å². The van der Waals surface area contributed by atoms with Gasteiger partial charge in [-0.05, 0) is 38.3 Å². The Bertz CT molecular complexity index is 762. The van der Waals surface area contributed by atoms with Crippen LogP contribution in [0.5, 0.6) is 0 Å². The van der Waals surface area contributed by atoms with E-state index in [-0.39, 0.29) is 12.5 Å². The van der Waals surface area contributed by atoms with Gasteiger partial charge in [0.2, 0.25) is 21.8 Å². The Morgan fingerprint density at radius 1 is 1.28 bits per heavy atom. The molecule has 1 aromatic rings. The number of hydrogen-bond donors (Lipinski definition) is 1. The molecule has 1 N–H and O–H groups in total. The Labute approximate surface area is 152 Å². The summed E-state index contributed by atoms with van der Waals surface area (Å²) >= 11 is 1.46. The number of hydrogen-bond acceptors (Lipinski definition) is 5. The molecule has 25 heavy (non-hydrogen) atoms. The highest BCUT2D eigenvalue weighted by atomic mass is 32.2. The number of nitrogens with one attached hydrogen (secondary N) is 1. The molecular weight excluding hydrogens is 360 g/mol. The highest BCUT2D eigenvalue weighted by Crippen LogP contribution is 2.33. The molecular formula is C17H22N2O4S2. The van der Waals surface area contributed by atoms with Crippen molar-refractivity contribution in [2.75, 3.05) is 18.8 Å². The molecule has 8 heteroatoms. The fraction of sp³-hybridized carbons (Fsp3) is 0.529. The first-order valence-corrected chi connectivity index (χ1v) is 10.9. The molecule has 136 valence electrons. The molecule has 1 aliphatic heterocycles. The molecule has 1 atom stereocenters. The van der Waals surface area contributed by atoms with Gasteiger partial charge in [0.25, 0.3) is 0 Å². The molecule has 0 aromatic heterocycles. The van der Waals surface area contributed by atoms with Crippen LogP contribution in [0.3, 0.4) is 0 Å². The smallest absolute Gasteiger partial charge is 0.241 e. The lowest BCUT2D eigenvalue weighted by atomic mass is 9.89. The van der Waals surface area contributed by atoms with Crippen LogP contribution in [0.25, 0.3) is 0 Å². The lowest BCUT2D eigenvalue weighted by Crippen LogP contribution is -2.45. The maximum Gasteiger partial charge on any atom is 0.241 e. The summed E-state index contributed by atoms with van der Waals surface area (Å²) in [5.74, 6) is -0.219. The summed E-state index contributed by atoms with van der Waals surface area (Å²) in [5, 5.41) is -0.429. The summed E-state index contributed by atoms with van der Waals surface area (Å²) in [6, 6.07) is 9.66. The lowest BCUT2D eigenvalue weighted by molar-refractivity contribution is -0.130. The van der Waals surface area contributed by atoms with Crippen molar-refractivity contribution in [3.05, 3.63) is 30.3 Å². The predicted molar refractivity (Wildman–Crippen MR) is 96.6 cm³/mol. The van der Waals surface area contributed by atoms with Crippen molar-refractivity contribution in [1.29, 1.82) is 0 Å². The SMILES string of the molecule is CC1(C(=O)NS(=O)(=O)C2CC2)CCN(C(=O)CSc2ccccc2)C1. The van der Waals surface area contributed by atoms with Crippen molar-refractivity contribution < 1.29 is 18.0 Å². The van der Waals surface area contributed by atoms with E-state index in [9.17, 15) is 18.0 Å². The first-order valence-electron chi connectivity index (χ1n) is 8.32. The predicted octanol–water partition coefficient (Wildman–Crippen LogP) is 1.63. The van der Waals surface area contributed by atoms with Gasteiger partial charge in [-0.3, -0.25) is 14.3 Å². The van der Waals surface area contributed by atoms with Gasteiger partial charge < -0.3 is 4.90 Å². The van der Waals surface area contributed by atoms with Crippen LogP contribution in [0.2, 0.25) is 0 Å². The van der Waals surface area contributed by atoms with Gasteiger partial charge in [-0.1, -0.05) is 18.2 Å². The molecule has 2 fully saturated rings. The molecule has 2 aliphatic rings. The quantitative estimate of drug-likeness (QED) is 0.756. The first kappa shape index (κ1) is 18.3. The second-order valence-electron chi connectivity index (χ2n) is 6.90. The van der Waals surface area contributed by atoms with Crippen molar-refractivity contribution in [1.82, 2.24) is 9.62 Å². The Morgan fingerprint density at radius 3 is 2.60 bits per heavy atom. The monoisotopic (exact) mass is 382 g/mol. The molecule has 6 nitrogen and oxygen atoms in total. The van der Waals surface area contributed by atoms with Gasteiger partial charge in [0.05, 0.1) is 16.4 Å². The van der Waals surface area contributed by atoms with Crippen LogP contribution in [0.15, 0.2) is 35.2 Å². The first-order chi connectivity index (χ1) is 11.8. The molecule has 2 amide bonds. The molecule has 1 heterocycles. The fourth-order valence-electron chi connectivity index (χ4n) is 2.83. The van der Waals surface area contributed by atoms with Gasteiger partial charge in [-0.2, -0.15) is 0 Å². The van der Waals surface area contributed by atoms with Crippen LogP contribution in [0.4, 0.5) is 0 Å². The number of likely N-dealkylation sites (tertiary alicyclic amines) is 1. The number of carbonyl (C=O) groups is 2. The maximum atomic E-state index is 12.4.